The van der Waals surface area contributed by atoms with E-state index in [1.165, 1.54) is 0 Å². The Hall–Kier alpha value is -2.05. The van der Waals surface area contributed by atoms with Crippen LogP contribution >= 0.6 is 0 Å². The lowest BCUT2D eigenvalue weighted by Crippen LogP contribution is -2.55. The molecular formula is C9H8N2O4. The fraction of sp³-hybridized carbons (Fsp3) is 0. The Balaban J connectivity index is 2.50. The Kier molecular flexibility index (Phi) is 2.07. The highest BCUT2D eigenvalue weighted by Crippen LogP contribution is 2.25. The standard InChI is InChI=1S/C9H8N2O4/c12-8-6-11(9(13)14,10-15-8)7-4-2-1-3-5-7/h1-6,10H,(H-,12,13,14). The third-order valence-corrected chi connectivity index (χ3v) is 2.05. The van der Waals surface area contributed by atoms with Crippen molar-refractivity contribution in [1.82, 2.24) is 10.2 Å². The quantitative estimate of drug-likeness (QED) is 0.648. The van der Waals surface area contributed by atoms with Crippen molar-refractivity contribution < 1.29 is 19.8 Å². The van der Waals surface area contributed by atoms with E-state index in [2.05, 4.69) is 10.4 Å². The van der Waals surface area contributed by atoms with Crippen LogP contribution in [0.15, 0.2) is 42.5 Å². The predicted octanol–water partition coefficient (Wildman–Crippen LogP) is 0.281. The largest absolute Gasteiger partial charge is 0.544 e. The molecule has 0 radical (unpaired) electrons. The van der Waals surface area contributed by atoms with Crippen LogP contribution < -0.4 is 15.3 Å². The molecule has 0 fully saturated rings. The Bertz CT molecular complexity index is 417. The van der Waals surface area contributed by atoms with Gasteiger partial charge in [0.1, 0.15) is 5.95 Å². The molecule has 1 heterocycles. The van der Waals surface area contributed by atoms with E-state index in [1.807, 2.05) is 0 Å². The molecule has 0 bridgehead atoms. The Morgan fingerprint density at radius 1 is 1.40 bits per heavy atom. The maximum atomic E-state index is 11.1. The van der Waals surface area contributed by atoms with E-state index in [0.29, 0.717) is 5.69 Å². The molecule has 6 nitrogen and oxygen atoms in total. The van der Waals surface area contributed by atoms with Gasteiger partial charge in [-0.1, -0.05) is 28.4 Å². The van der Waals surface area contributed by atoms with Crippen LogP contribution in [0.1, 0.15) is 0 Å². The minimum atomic E-state index is -1.24. The highest BCUT2D eigenvalue weighted by atomic mass is 16.8. The average Bonchev–Trinajstić information content (AvgIpc) is 2.63. The highest BCUT2D eigenvalue weighted by molar-refractivity contribution is 5.81. The summed E-state index contributed by atoms with van der Waals surface area (Å²) in [6.45, 7) is 0. The summed E-state index contributed by atoms with van der Waals surface area (Å²) in [6, 6.07) is 8.27. The average molecular weight is 208 g/mol. The molecule has 1 aromatic rings. The normalized spacial score (nSPS) is 24.4. The van der Waals surface area contributed by atoms with Gasteiger partial charge in [-0.15, -0.1) is 0 Å². The Labute approximate surface area is 85.1 Å². The van der Waals surface area contributed by atoms with Gasteiger partial charge in [0.05, 0.1) is 0 Å². The van der Waals surface area contributed by atoms with Gasteiger partial charge in [0, 0.05) is 12.1 Å². The zero-order valence-corrected chi connectivity index (χ0v) is 7.58. The summed E-state index contributed by atoms with van der Waals surface area (Å²) < 4.78 is -0.848. The second kappa shape index (κ2) is 3.26. The molecule has 1 aromatic carbocycles. The van der Waals surface area contributed by atoms with E-state index in [9.17, 15) is 9.90 Å². The molecule has 2 N–H and O–H groups in total. The summed E-state index contributed by atoms with van der Waals surface area (Å²) in [4.78, 5) is 15.5. The maximum Gasteiger partial charge on any atom is 0.544 e. The van der Waals surface area contributed by atoms with Crippen molar-refractivity contribution in [3.05, 3.63) is 42.5 Å². The van der Waals surface area contributed by atoms with Crippen molar-refractivity contribution in [2.45, 2.75) is 0 Å². The van der Waals surface area contributed by atoms with E-state index < -0.39 is 16.6 Å². The minimum absolute atomic E-state index is 0.385. The summed E-state index contributed by atoms with van der Waals surface area (Å²) in [5.41, 5.74) is 2.55. The number of para-hydroxylation sites is 1. The first-order valence-electron chi connectivity index (χ1n) is 4.17. The lowest BCUT2D eigenvalue weighted by Gasteiger charge is -2.23. The number of nitrogens with one attached hydrogen (secondary N) is 1. The first kappa shape index (κ1) is 9.50. The van der Waals surface area contributed by atoms with E-state index in [0.717, 1.165) is 6.20 Å². The molecule has 1 amide bonds. The third kappa shape index (κ3) is 1.41. The molecule has 0 aromatic heterocycles. The SMILES string of the molecule is O=C(O)[N+]1(c2ccccc2)C=C([O-])ON1. The molecule has 0 spiro atoms. The molecule has 0 saturated carbocycles. The van der Waals surface area contributed by atoms with Crippen molar-refractivity contribution in [3.63, 3.8) is 0 Å². The van der Waals surface area contributed by atoms with E-state index >= 15 is 0 Å². The van der Waals surface area contributed by atoms with Crippen molar-refractivity contribution in [3.8, 4) is 0 Å². The number of hydrogen-bond acceptors (Lipinski definition) is 4. The van der Waals surface area contributed by atoms with Gasteiger partial charge >= 0.3 is 6.09 Å². The van der Waals surface area contributed by atoms with Gasteiger partial charge < -0.3 is 15.1 Å². The van der Waals surface area contributed by atoms with Gasteiger partial charge in [-0.25, -0.2) is 0 Å². The summed E-state index contributed by atoms with van der Waals surface area (Å²) in [5.74, 6) is -0.721. The van der Waals surface area contributed by atoms with Crippen LogP contribution in [-0.2, 0) is 4.84 Å². The van der Waals surface area contributed by atoms with Gasteiger partial charge in [0.25, 0.3) is 0 Å². The molecule has 1 aliphatic heterocycles. The van der Waals surface area contributed by atoms with Crippen LogP contribution in [0.5, 0.6) is 0 Å². The van der Waals surface area contributed by atoms with Crippen molar-refractivity contribution in [2.75, 3.05) is 0 Å². The number of carboxylic acid groups (broad SMARTS) is 1. The number of amides is 1. The lowest BCUT2D eigenvalue weighted by atomic mass is 10.3. The second-order valence-corrected chi connectivity index (χ2v) is 2.98. The maximum absolute atomic E-state index is 11.1. The third-order valence-electron chi connectivity index (χ3n) is 2.05. The smallest absolute Gasteiger partial charge is 0.540 e. The number of rotatable bonds is 1. The zero-order valence-electron chi connectivity index (χ0n) is 7.58. The van der Waals surface area contributed by atoms with Crippen LogP contribution in [0.25, 0.3) is 0 Å². The van der Waals surface area contributed by atoms with Gasteiger partial charge in [0.2, 0.25) is 0 Å². The number of hydrogen-bond donors (Lipinski definition) is 2. The summed E-state index contributed by atoms with van der Waals surface area (Å²) in [7, 11) is 0. The van der Waals surface area contributed by atoms with Crippen LogP contribution in [0.2, 0.25) is 0 Å². The Morgan fingerprint density at radius 3 is 2.53 bits per heavy atom. The molecule has 2 rings (SSSR count). The van der Waals surface area contributed by atoms with Gasteiger partial charge in [-0.2, -0.15) is 4.79 Å². The summed E-state index contributed by atoms with van der Waals surface area (Å²) in [6.07, 6.45) is -0.301. The first-order valence-corrected chi connectivity index (χ1v) is 4.17. The summed E-state index contributed by atoms with van der Waals surface area (Å²) in [5, 5.41) is 20.0. The first-order chi connectivity index (χ1) is 7.15. The number of nitrogens with zero attached hydrogens (tertiary/aromatic N) is 1. The molecule has 6 heteroatoms. The fourth-order valence-corrected chi connectivity index (χ4v) is 1.32. The van der Waals surface area contributed by atoms with Crippen LogP contribution in [0.4, 0.5) is 10.5 Å². The molecule has 1 aliphatic rings. The van der Waals surface area contributed by atoms with Gasteiger partial charge in [-0.3, -0.25) is 0 Å². The van der Waals surface area contributed by atoms with Crippen molar-refractivity contribution in [2.24, 2.45) is 0 Å². The van der Waals surface area contributed by atoms with Crippen LogP contribution in [0.3, 0.4) is 0 Å². The van der Waals surface area contributed by atoms with E-state index in [1.54, 1.807) is 30.3 Å². The number of carbonyl (C=O) groups is 1. The van der Waals surface area contributed by atoms with E-state index in [-0.39, 0.29) is 0 Å². The molecular weight excluding hydrogens is 200 g/mol. The fourth-order valence-electron chi connectivity index (χ4n) is 1.32. The number of benzene rings is 1. The lowest BCUT2D eigenvalue weighted by molar-refractivity contribution is -0.361. The predicted molar refractivity (Wildman–Crippen MR) is 48.6 cm³/mol. The zero-order chi connectivity index (χ0) is 10.9. The topological polar surface area (TPSA) is 81.6 Å². The van der Waals surface area contributed by atoms with E-state index in [4.69, 9.17) is 5.11 Å². The van der Waals surface area contributed by atoms with Crippen molar-refractivity contribution in [1.29, 1.82) is 0 Å². The molecule has 15 heavy (non-hydrogen) atoms. The molecule has 78 valence electrons. The van der Waals surface area contributed by atoms with Crippen molar-refractivity contribution >= 4 is 11.8 Å². The van der Waals surface area contributed by atoms with Crippen LogP contribution in [0, 0.1) is 0 Å². The number of quaternary nitrogens is 1. The van der Waals surface area contributed by atoms with Crippen LogP contribution in [-0.4, -0.2) is 11.2 Å². The second-order valence-electron chi connectivity index (χ2n) is 2.98. The van der Waals surface area contributed by atoms with Gasteiger partial charge in [0.15, 0.2) is 11.9 Å². The summed E-state index contributed by atoms with van der Waals surface area (Å²) >= 11 is 0. The minimum Gasteiger partial charge on any atom is -0.540 e. The molecule has 1 unspecified atom stereocenters. The molecule has 1 atom stereocenters. The highest BCUT2D eigenvalue weighted by Gasteiger charge is 2.41. The van der Waals surface area contributed by atoms with Gasteiger partial charge in [-0.05, 0) is 0 Å². The Morgan fingerprint density at radius 2 is 2.07 bits per heavy atom. The molecule has 0 saturated heterocycles. The monoisotopic (exact) mass is 208 g/mol. The molecule has 0 aliphatic carbocycles.